The fourth-order valence-electron chi connectivity index (χ4n) is 0.699. The maximum Gasteiger partial charge on any atom is 0.149 e. The largest absolute Gasteiger partial charge is 0.392 e. The van der Waals surface area contributed by atoms with Gasteiger partial charge >= 0.3 is 0 Å². The van der Waals surface area contributed by atoms with Crippen molar-refractivity contribution in [2.75, 3.05) is 0 Å². The third kappa shape index (κ3) is 2.25. The molecule has 1 nitrogen and oxygen atoms in total. The minimum absolute atomic E-state index is 0.0354. The van der Waals surface area contributed by atoms with E-state index in [1.54, 1.807) is 12.1 Å². The highest BCUT2D eigenvalue weighted by molar-refractivity contribution is 14.1. The van der Waals surface area contributed by atoms with Crippen molar-refractivity contribution >= 4 is 45.2 Å². The zero-order valence-electron chi connectivity index (χ0n) is 5.44. The molecule has 60 valence electrons. The molecule has 11 heavy (non-hydrogen) atoms. The van der Waals surface area contributed by atoms with Crippen LogP contribution >= 0.6 is 45.2 Å². The maximum atomic E-state index is 13.0. The highest BCUT2D eigenvalue weighted by Gasteiger charge is 2.05. The summed E-state index contributed by atoms with van der Waals surface area (Å²) in [6.07, 6.45) is 0. The van der Waals surface area contributed by atoms with Gasteiger partial charge in [-0.1, -0.05) is 0 Å². The molecule has 4 heteroatoms. The maximum absolute atomic E-state index is 13.0. The first-order chi connectivity index (χ1) is 5.15. The van der Waals surface area contributed by atoms with Crippen LogP contribution < -0.4 is 0 Å². The quantitative estimate of drug-likeness (QED) is 0.589. The van der Waals surface area contributed by atoms with E-state index in [2.05, 4.69) is 0 Å². The molecule has 1 aromatic rings. The van der Waals surface area contributed by atoms with Crippen molar-refractivity contribution in [1.82, 2.24) is 0 Å². The van der Waals surface area contributed by atoms with Gasteiger partial charge in [-0.05, 0) is 62.9 Å². The average Bonchev–Trinajstić information content (AvgIpc) is 1.99. The lowest BCUT2D eigenvalue weighted by Gasteiger charge is -2.00. The highest BCUT2D eigenvalue weighted by Crippen LogP contribution is 2.19. The number of benzene rings is 1. The topological polar surface area (TPSA) is 20.2 Å². The Labute approximate surface area is 91.3 Å². The molecule has 0 atom stereocenters. The lowest BCUT2D eigenvalue weighted by molar-refractivity contribution is 0.281. The van der Waals surface area contributed by atoms with Gasteiger partial charge in [-0.25, -0.2) is 4.39 Å². The Morgan fingerprint density at radius 1 is 1.27 bits per heavy atom. The summed E-state index contributed by atoms with van der Waals surface area (Å²) >= 11 is 3.82. The molecular formula is C7H5FI2O. The monoisotopic (exact) mass is 378 g/mol. The van der Waals surface area contributed by atoms with Crippen LogP contribution in [0.1, 0.15) is 5.56 Å². The Morgan fingerprint density at radius 2 is 1.73 bits per heavy atom. The summed E-state index contributed by atoms with van der Waals surface area (Å²) in [7, 11) is 0. The molecule has 0 saturated heterocycles. The summed E-state index contributed by atoms with van der Waals surface area (Å²) in [6.45, 7) is -0.0354. The second-order valence-electron chi connectivity index (χ2n) is 2.03. The van der Waals surface area contributed by atoms with E-state index in [0.717, 1.165) is 5.56 Å². The van der Waals surface area contributed by atoms with Crippen LogP contribution in [0.3, 0.4) is 0 Å². The molecule has 0 aromatic heterocycles. The SMILES string of the molecule is OCc1cc(I)c(F)c(I)c1. The second kappa shape index (κ2) is 3.99. The molecule has 0 aliphatic heterocycles. The number of aliphatic hydroxyl groups excluding tert-OH is 1. The summed E-state index contributed by atoms with van der Waals surface area (Å²) in [5, 5.41) is 8.75. The third-order valence-electron chi connectivity index (χ3n) is 1.23. The lowest BCUT2D eigenvalue weighted by Crippen LogP contribution is -1.91. The first-order valence-electron chi connectivity index (χ1n) is 2.89. The minimum atomic E-state index is -0.205. The van der Waals surface area contributed by atoms with Crippen molar-refractivity contribution in [3.8, 4) is 0 Å². The van der Waals surface area contributed by atoms with Gasteiger partial charge in [0, 0.05) is 0 Å². The van der Waals surface area contributed by atoms with E-state index in [9.17, 15) is 4.39 Å². The number of hydrogen-bond acceptors (Lipinski definition) is 1. The number of aliphatic hydroxyl groups is 1. The fourth-order valence-corrected chi connectivity index (χ4v) is 2.60. The molecule has 0 fully saturated rings. The first-order valence-corrected chi connectivity index (χ1v) is 5.05. The standard InChI is InChI=1S/C7H5FI2O/c8-7-5(9)1-4(3-11)2-6(7)10/h1-2,11H,3H2. The molecule has 1 aromatic carbocycles. The van der Waals surface area contributed by atoms with Gasteiger partial charge in [0.25, 0.3) is 0 Å². The number of hydrogen-bond donors (Lipinski definition) is 1. The van der Waals surface area contributed by atoms with Gasteiger partial charge in [0.15, 0.2) is 0 Å². The fraction of sp³-hybridized carbons (Fsp3) is 0.143. The van der Waals surface area contributed by atoms with Crippen LogP contribution in [0.25, 0.3) is 0 Å². The van der Waals surface area contributed by atoms with Crippen molar-refractivity contribution in [3.63, 3.8) is 0 Å². The molecule has 0 aliphatic rings. The Morgan fingerprint density at radius 3 is 2.09 bits per heavy atom. The molecule has 0 saturated carbocycles. The predicted molar refractivity (Wildman–Crippen MR) is 57.8 cm³/mol. The Bertz CT molecular complexity index is 252. The predicted octanol–water partition coefficient (Wildman–Crippen LogP) is 2.53. The molecule has 0 radical (unpaired) electrons. The van der Waals surface area contributed by atoms with Crippen molar-refractivity contribution in [3.05, 3.63) is 30.7 Å². The molecule has 0 spiro atoms. The van der Waals surface area contributed by atoms with Gasteiger partial charge in [0.1, 0.15) is 5.82 Å². The smallest absolute Gasteiger partial charge is 0.149 e. The average molecular weight is 378 g/mol. The van der Waals surface area contributed by atoms with E-state index >= 15 is 0 Å². The van der Waals surface area contributed by atoms with E-state index < -0.39 is 0 Å². The molecule has 0 bridgehead atoms. The van der Waals surface area contributed by atoms with Gasteiger partial charge in [-0.3, -0.25) is 0 Å². The summed E-state index contributed by atoms with van der Waals surface area (Å²) in [6, 6.07) is 3.27. The highest BCUT2D eigenvalue weighted by atomic mass is 127. The Balaban J connectivity index is 3.21. The van der Waals surface area contributed by atoms with Crippen molar-refractivity contribution in [2.24, 2.45) is 0 Å². The molecule has 0 unspecified atom stereocenters. The van der Waals surface area contributed by atoms with E-state index in [0.29, 0.717) is 7.14 Å². The van der Waals surface area contributed by atoms with Crippen LogP contribution in [0, 0.1) is 13.0 Å². The molecule has 1 rings (SSSR count). The van der Waals surface area contributed by atoms with Gasteiger partial charge < -0.3 is 5.11 Å². The molecule has 0 aliphatic carbocycles. The second-order valence-corrected chi connectivity index (χ2v) is 4.36. The van der Waals surface area contributed by atoms with Crippen molar-refractivity contribution in [1.29, 1.82) is 0 Å². The van der Waals surface area contributed by atoms with Crippen LogP contribution in [0.5, 0.6) is 0 Å². The summed E-state index contributed by atoms with van der Waals surface area (Å²) in [5.74, 6) is -0.205. The van der Waals surface area contributed by atoms with E-state index in [-0.39, 0.29) is 12.4 Å². The lowest BCUT2D eigenvalue weighted by atomic mass is 10.2. The van der Waals surface area contributed by atoms with Crippen LogP contribution in [0.2, 0.25) is 0 Å². The summed E-state index contributed by atoms with van der Waals surface area (Å²) < 4.78 is 14.1. The normalized spacial score (nSPS) is 10.2. The summed E-state index contributed by atoms with van der Waals surface area (Å²) in [4.78, 5) is 0. The zero-order valence-corrected chi connectivity index (χ0v) is 9.76. The van der Waals surface area contributed by atoms with Crippen LogP contribution in [-0.4, -0.2) is 5.11 Å². The molecule has 0 heterocycles. The van der Waals surface area contributed by atoms with Crippen LogP contribution in [0.15, 0.2) is 12.1 Å². The van der Waals surface area contributed by atoms with Crippen LogP contribution in [0.4, 0.5) is 4.39 Å². The van der Waals surface area contributed by atoms with E-state index in [1.807, 2.05) is 45.2 Å². The van der Waals surface area contributed by atoms with E-state index in [1.165, 1.54) is 0 Å². The van der Waals surface area contributed by atoms with Gasteiger partial charge in [-0.2, -0.15) is 0 Å². The molecule has 1 N–H and O–H groups in total. The van der Waals surface area contributed by atoms with Gasteiger partial charge in [-0.15, -0.1) is 0 Å². The first kappa shape index (κ1) is 9.66. The van der Waals surface area contributed by atoms with Gasteiger partial charge in [0.2, 0.25) is 0 Å². The Hall–Kier alpha value is 0.570. The van der Waals surface area contributed by atoms with Crippen molar-refractivity contribution < 1.29 is 9.50 Å². The van der Waals surface area contributed by atoms with E-state index in [4.69, 9.17) is 5.11 Å². The van der Waals surface area contributed by atoms with Crippen molar-refractivity contribution in [2.45, 2.75) is 6.61 Å². The number of halogens is 3. The van der Waals surface area contributed by atoms with Crippen LogP contribution in [-0.2, 0) is 6.61 Å². The molecule has 0 amide bonds. The number of rotatable bonds is 1. The third-order valence-corrected chi connectivity index (χ3v) is 2.80. The Kier molecular flexibility index (Phi) is 3.51. The van der Waals surface area contributed by atoms with Gasteiger partial charge in [0.05, 0.1) is 13.7 Å². The minimum Gasteiger partial charge on any atom is -0.392 e. The zero-order chi connectivity index (χ0) is 8.43. The molecular weight excluding hydrogens is 373 g/mol. The summed E-state index contributed by atoms with van der Waals surface area (Å²) in [5.41, 5.74) is 0.750.